The van der Waals surface area contributed by atoms with Gasteiger partial charge >= 0.3 is 5.97 Å². The van der Waals surface area contributed by atoms with Crippen LogP contribution >= 0.6 is 0 Å². The molecule has 4 heteroatoms. The van der Waals surface area contributed by atoms with Crippen molar-refractivity contribution in [2.24, 2.45) is 5.92 Å². The standard InChI is InChI=1S/C32H37NO3/c1-23(2)26-14-16-28(17-15-26)31(35)19-18-29(27-12-8-5-9-13-27)32(36-24(3)34)22-33(21-30(31)32)20-25-10-6-4-7-11-25/h4-17,23,29-30,35H,18-22H2,1-3H3. The summed E-state index contributed by atoms with van der Waals surface area (Å²) in [5.74, 6) is -0.0950. The third kappa shape index (κ3) is 4.49. The molecule has 0 aromatic heterocycles. The van der Waals surface area contributed by atoms with Gasteiger partial charge in [-0.25, -0.2) is 0 Å². The van der Waals surface area contributed by atoms with Gasteiger partial charge in [-0.15, -0.1) is 0 Å². The highest BCUT2D eigenvalue weighted by atomic mass is 16.6. The maximum absolute atomic E-state index is 12.6. The molecule has 1 saturated heterocycles. The highest BCUT2D eigenvalue weighted by Crippen LogP contribution is 2.57. The number of nitrogens with zero attached hydrogens (tertiary/aromatic N) is 1. The van der Waals surface area contributed by atoms with Crippen LogP contribution in [-0.2, 0) is 21.7 Å². The number of aliphatic hydroxyl groups is 1. The minimum Gasteiger partial charge on any atom is -0.457 e. The number of carbonyl (C=O) groups is 1. The molecule has 1 saturated carbocycles. The molecule has 0 spiro atoms. The van der Waals surface area contributed by atoms with Gasteiger partial charge in [0, 0.05) is 38.4 Å². The van der Waals surface area contributed by atoms with Crippen LogP contribution in [0.3, 0.4) is 0 Å². The maximum Gasteiger partial charge on any atom is 0.303 e. The monoisotopic (exact) mass is 483 g/mol. The molecule has 2 aliphatic rings. The molecule has 1 N–H and O–H groups in total. The van der Waals surface area contributed by atoms with Gasteiger partial charge in [0.05, 0.1) is 5.60 Å². The molecular weight excluding hydrogens is 446 g/mol. The van der Waals surface area contributed by atoms with Crippen molar-refractivity contribution >= 4 is 5.97 Å². The number of fused-ring (bicyclic) bond motifs is 1. The third-order valence-corrected chi connectivity index (χ3v) is 8.34. The van der Waals surface area contributed by atoms with E-state index in [4.69, 9.17) is 4.74 Å². The van der Waals surface area contributed by atoms with Crippen LogP contribution in [-0.4, -0.2) is 34.7 Å². The molecule has 188 valence electrons. The Kier molecular flexibility index (Phi) is 6.76. The van der Waals surface area contributed by atoms with Crippen molar-refractivity contribution in [2.75, 3.05) is 13.1 Å². The minimum atomic E-state index is -1.08. The van der Waals surface area contributed by atoms with Crippen molar-refractivity contribution in [3.8, 4) is 0 Å². The molecule has 4 unspecified atom stereocenters. The van der Waals surface area contributed by atoms with Crippen LogP contribution in [0, 0.1) is 5.92 Å². The van der Waals surface area contributed by atoms with E-state index in [1.807, 2.05) is 24.3 Å². The van der Waals surface area contributed by atoms with Crippen molar-refractivity contribution in [1.82, 2.24) is 4.90 Å². The van der Waals surface area contributed by atoms with E-state index in [2.05, 4.69) is 79.4 Å². The van der Waals surface area contributed by atoms with Gasteiger partial charge in [0.25, 0.3) is 0 Å². The fourth-order valence-corrected chi connectivity index (χ4v) is 6.67. The molecule has 3 aromatic rings. The molecule has 4 atom stereocenters. The van der Waals surface area contributed by atoms with Gasteiger partial charge in [-0.05, 0) is 41.0 Å². The highest BCUT2D eigenvalue weighted by molar-refractivity contribution is 5.67. The van der Waals surface area contributed by atoms with Crippen LogP contribution in [0.2, 0.25) is 0 Å². The van der Waals surface area contributed by atoms with Crippen molar-refractivity contribution in [3.05, 3.63) is 107 Å². The lowest BCUT2D eigenvalue weighted by Crippen LogP contribution is -2.58. The van der Waals surface area contributed by atoms with Gasteiger partial charge in [-0.1, -0.05) is 98.8 Å². The van der Waals surface area contributed by atoms with E-state index in [-0.39, 0.29) is 17.8 Å². The fourth-order valence-electron chi connectivity index (χ4n) is 6.67. The molecule has 2 fully saturated rings. The van der Waals surface area contributed by atoms with Gasteiger partial charge in [0.2, 0.25) is 0 Å². The average molecular weight is 484 g/mol. The zero-order valence-corrected chi connectivity index (χ0v) is 21.6. The molecule has 1 aliphatic carbocycles. The average Bonchev–Trinajstić information content (AvgIpc) is 3.24. The summed E-state index contributed by atoms with van der Waals surface area (Å²) >= 11 is 0. The number of carbonyl (C=O) groups excluding carboxylic acids is 1. The van der Waals surface area contributed by atoms with E-state index in [0.29, 0.717) is 25.4 Å². The van der Waals surface area contributed by atoms with E-state index in [1.165, 1.54) is 23.6 Å². The molecule has 5 rings (SSSR count). The lowest BCUT2D eigenvalue weighted by Gasteiger charge is -2.52. The lowest BCUT2D eigenvalue weighted by atomic mass is 9.59. The summed E-state index contributed by atoms with van der Waals surface area (Å²) in [6.07, 6.45) is 1.37. The summed E-state index contributed by atoms with van der Waals surface area (Å²) < 4.78 is 6.38. The topological polar surface area (TPSA) is 49.8 Å². The van der Waals surface area contributed by atoms with Crippen molar-refractivity contribution in [3.63, 3.8) is 0 Å². The normalized spacial score (nSPS) is 28.1. The maximum atomic E-state index is 12.6. The second kappa shape index (κ2) is 9.84. The van der Waals surface area contributed by atoms with E-state index < -0.39 is 11.2 Å². The molecule has 36 heavy (non-hydrogen) atoms. The van der Waals surface area contributed by atoms with Gasteiger partial charge in [0.1, 0.15) is 5.60 Å². The number of hydrogen-bond donors (Lipinski definition) is 1. The molecule has 0 radical (unpaired) electrons. The SMILES string of the molecule is CC(=O)OC12CN(Cc3ccccc3)CC1C(O)(c1ccc(C(C)C)cc1)CCC2c1ccccc1. The Hall–Kier alpha value is -2.95. The predicted octanol–water partition coefficient (Wildman–Crippen LogP) is 6.01. The first kappa shape index (κ1) is 24.7. The van der Waals surface area contributed by atoms with E-state index in [9.17, 15) is 9.90 Å². The zero-order valence-electron chi connectivity index (χ0n) is 21.6. The number of rotatable bonds is 6. The second-order valence-corrected chi connectivity index (χ2v) is 11.0. The van der Waals surface area contributed by atoms with E-state index in [0.717, 1.165) is 18.5 Å². The molecule has 3 aromatic carbocycles. The predicted molar refractivity (Wildman–Crippen MR) is 143 cm³/mol. The van der Waals surface area contributed by atoms with Gasteiger partial charge in [0.15, 0.2) is 0 Å². The van der Waals surface area contributed by atoms with Crippen LogP contribution in [0.15, 0.2) is 84.9 Å². The molecule has 0 amide bonds. The number of ether oxygens (including phenoxy) is 1. The molecule has 1 heterocycles. The third-order valence-electron chi connectivity index (χ3n) is 8.34. The minimum absolute atomic E-state index is 0.0172. The van der Waals surface area contributed by atoms with Crippen molar-refractivity contribution < 1.29 is 14.6 Å². The Bertz CT molecular complexity index is 1180. The first-order valence-corrected chi connectivity index (χ1v) is 13.2. The number of hydrogen-bond acceptors (Lipinski definition) is 4. The zero-order chi connectivity index (χ0) is 25.3. The Labute approximate surface area is 214 Å². The van der Waals surface area contributed by atoms with Crippen LogP contribution in [0.4, 0.5) is 0 Å². The first-order valence-electron chi connectivity index (χ1n) is 13.2. The second-order valence-electron chi connectivity index (χ2n) is 11.0. The molecular formula is C32H37NO3. The van der Waals surface area contributed by atoms with Crippen LogP contribution in [0.1, 0.15) is 67.7 Å². The van der Waals surface area contributed by atoms with Crippen LogP contribution < -0.4 is 0 Å². The number of benzene rings is 3. The largest absolute Gasteiger partial charge is 0.457 e. The summed E-state index contributed by atoms with van der Waals surface area (Å²) in [6.45, 7) is 7.87. The summed E-state index contributed by atoms with van der Waals surface area (Å²) in [5, 5.41) is 12.5. The molecule has 4 nitrogen and oxygen atoms in total. The van der Waals surface area contributed by atoms with Crippen LogP contribution in [0.25, 0.3) is 0 Å². The van der Waals surface area contributed by atoms with Crippen molar-refractivity contribution in [2.45, 2.75) is 63.2 Å². The van der Waals surface area contributed by atoms with Crippen molar-refractivity contribution in [1.29, 1.82) is 0 Å². The van der Waals surface area contributed by atoms with Gasteiger partial charge in [-0.3, -0.25) is 9.69 Å². The smallest absolute Gasteiger partial charge is 0.303 e. The first-order chi connectivity index (χ1) is 17.3. The summed E-state index contributed by atoms with van der Waals surface area (Å²) in [4.78, 5) is 15.0. The Morgan fingerprint density at radius 3 is 2.25 bits per heavy atom. The number of esters is 1. The summed E-state index contributed by atoms with van der Waals surface area (Å²) in [7, 11) is 0. The lowest BCUT2D eigenvalue weighted by molar-refractivity contribution is -0.190. The van der Waals surface area contributed by atoms with Crippen LogP contribution in [0.5, 0.6) is 0 Å². The molecule has 1 aliphatic heterocycles. The van der Waals surface area contributed by atoms with E-state index in [1.54, 1.807) is 0 Å². The fraction of sp³-hybridized carbons (Fsp3) is 0.406. The van der Waals surface area contributed by atoms with Gasteiger partial charge < -0.3 is 9.84 Å². The Morgan fingerprint density at radius 2 is 1.64 bits per heavy atom. The highest BCUT2D eigenvalue weighted by Gasteiger charge is 2.64. The summed E-state index contributed by atoms with van der Waals surface area (Å²) in [6, 6.07) is 29.2. The van der Waals surface area contributed by atoms with Gasteiger partial charge in [-0.2, -0.15) is 0 Å². The summed E-state index contributed by atoms with van der Waals surface area (Å²) in [5.41, 5.74) is 2.66. The number of likely N-dealkylation sites (tertiary alicyclic amines) is 1. The Morgan fingerprint density at radius 1 is 1.00 bits per heavy atom. The molecule has 0 bridgehead atoms. The Balaban J connectivity index is 1.59. The quantitative estimate of drug-likeness (QED) is 0.436. The van der Waals surface area contributed by atoms with E-state index >= 15 is 0 Å².